The number of rotatable bonds is 6. The van der Waals surface area contributed by atoms with E-state index in [1.54, 1.807) is 15.8 Å². The van der Waals surface area contributed by atoms with Gasteiger partial charge in [0.2, 0.25) is 10.0 Å². The Morgan fingerprint density at radius 1 is 0.971 bits per heavy atom. The van der Waals surface area contributed by atoms with Crippen LogP contribution in [0.2, 0.25) is 0 Å². The number of benzene rings is 2. The number of alkyl halides is 3. The minimum atomic E-state index is -4.86. The van der Waals surface area contributed by atoms with E-state index in [1.165, 1.54) is 10.5 Å². The van der Waals surface area contributed by atoms with Crippen molar-refractivity contribution in [3.63, 3.8) is 0 Å². The van der Waals surface area contributed by atoms with Gasteiger partial charge in [-0.2, -0.15) is 9.40 Å². The molecule has 2 aromatic carbocycles. The monoisotopic (exact) mass is 494 g/mol. The van der Waals surface area contributed by atoms with Crippen LogP contribution in [0.3, 0.4) is 0 Å². The third kappa shape index (κ3) is 5.57. The quantitative estimate of drug-likeness (QED) is 0.526. The van der Waals surface area contributed by atoms with E-state index in [2.05, 4.69) is 9.84 Å². The summed E-state index contributed by atoms with van der Waals surface area (Å²) in [7, 11) is -3.92. The molecule has 8 nitrogen and oxygen atoms in total. The summed E-state index contributed by atoms with van der Waals surface area (Å²) in [6.45, 7) is 1.00. The number of halogens is 3. The highest BCUT2D eigenvalue weighted by molar-refractivity contribution is 7.89. The van der Waals surface area contributed by atoms with Crippen LogP contribution in [0.5, 0.6) is 5.75 Å². The van der Waals surface area contributed by atoms with Crippen molar-refractivity contribution in [3.8, 4) is 5.75 Å². The molecule has 3 aromatic rings. The summed E-state index contributed by atoms with van der Waals surface area (Å²) < 4.78 is 69.3. The molecular weight excluding hydrogens is 473 g/mol. The van der Waals surface area contributed by atoms with Gasteiger partial charge in [0.1, 0.15) is 5.75 Å². The van der Waals surface area contributed by atoms with Crippen LogP contribution in [-0.4, -0.2) is 65.9 Å². The van der Waals surface area contributed by atoms with Gasteiger partial charge in [-0.3, -0.25) is 9.48 Å². The second kappa shape index (κ2) is 9.47. The molecule has 1 amide bonds. The van der Waals surface area contributed by atoms with Crippen LogP contribution in [-0.2, 0) is 16.6 Å². The summed E-state index contributed by atoms with van der Waals surface area (Å²) in [5.74, 6) is -0.750. The van der Waals surface area contributed by atoms with Crippen molar-refractivity contribution in [2.24, 2.45) is 0 Å². The van der Waals surface area contributed by atoms with Gasteiger partial charge in [-0.25, -0.2) is 8.42 Å². The number of carbonyl (C=O) groups is 1. The smallest absolute Gasteiger partial charge is 0.406 e. The van der Waals surface area contributed by atoms with Gasteiger partial charge in [0.25, 0.3) is 5.91 Å². The topological polar surface area (TPSA) is 84.7 Å². The Morgan fingerprint density at radius 3 is 2.24 bits per heavy atom. The minimum absolute atomic E-state index is 0.0625. The van der Waals surface area contributed by atoms with E-state index in [0.29, 0.717) is 12.1 Å². The highest BCUT2D eigenvalue weighted by Gasteiger charge is 2.33. The summed E-state index contributed by atoms with van der Waals surface area (Å²) in [5.41, 5.74) is 1.45. The van der Waals surface area contributed by atoms with Gasteiger partial charge in [0.05, 0.1) is 23.2 Å². The molecule has 0 aliphatic carbocycles. The molecule has 0 N–H and O–H groups in total. The number of aromatic nitrogens is 2. The van der Waals surface area contributed by atoms with Gasteiger partial charge < -0.3 is 9.64 Å². The number of carbonyl (C=O) groups excluding carboxylic acids is 1. The number of amides is 1. The van der Waals surface area contributed by atoms with Crippen LogP contribution >= 0.6 is 0 Å². The number of ether oxygens (including phenoxy) is 1. The van der Waals surface area contributed by atoms with E-state index < -0.39 is 22.1 Å². The molecule has 1 aliphatic heterocycles. The number of hydrogen-bond donors (Lipinski definition) is 0. The summed E-state index contributed by atoms with van der Waals surface area (Å²) in [5, 5.41) is 4.23. The fourth-order valence-electron chi connectivity index (χ4n) is 3.61. The molecule has 2 heterocycles. The van der Waals surface area contributed by atoms with Gasteiger partial charge in [-0.1, -0.05) is 30.3 Å². The average Bonchev–Trinajstić information content (AvgIpc) is 3.27. The Bertz CT molecular complexity index is 1240. The second-order valence-corrected chi connectivity index (χ2v) is 9.57. The third-order valence-corrected chi connectivity index (χ3v) is 7.20. The summed E-state index contributed by atoms with van der Waals surface area (Å²) in [6, 6.07) is 13.7. The number of hydrogen-bond acceptors (Lipinski definition) is 5. The molecule has 0 spiro atoms. The Kier molecular flexibility index (Phi) is 6.62. The lowest BCUT2D eigenvalue weighted by atomic mass is 10.2. The Labute approximate surface area is 194 Å². The Balaban J connectivity index is 1.36. The van der Waals surface area contributed by atoms with Crippen molar-refractivity contribution in [3.05, 3.63) is 78.1 Å². The Hall–Kier alpha value is -3.38. The lowest BCUT2D eigenvalue weighted by molar-refractivity contribution is -0.274. The second-order valence-electron chi connectivity index (χ2n) is 7.63. The van der Waals surface area contributed by atoms with Crippen LogP contribution in [0.15, 0.2) is 71.9 Å². The first-order valence-electron chi connectivity index (χ1n) is 10.3. The zero-order chi connectivity index (χ0) is 24.3. The van der Waals surface area contributed by atoms with Crippen molar-refractivity contribution >= 4 is 15.9 Å². The maximum absolute atomic E-state index is 12.9. The summed E-state index contributed by atoms with van der Waals surface area (Å²) in [4.78, 5) is 14.2. The van der Waals surface area contributed by atoms with E-state index in [0.717, 1.165) is 29.8 Å². The molecule has 0 bridgehead atoms. The molecular formula is C22H21F3N4O4S. The first-order valence-corrected chi connectivity index (χ1v) is 11.8. The van der Waals surface area contributed by atoms with Crippen LogP contribution in [0.25, 0.3) is 0 Å². The normalized spacial score (nSPS) is 15.3. The first kappa shape index (κ1) is 23.8. The van der Waals surface area contributed by atoms with Crippen LogP contribution < -0.4 is 4.74 Å². The molecule has 0 atom stereocenters. The van der Waals surface area contributed by atoms with Gasteiger partial charge in [0, 0.05) is 32.4 Å². The molecule has 180 valence electrons. The zero-order valence-electron chi connectivity index (χ0n) is 17.9. The predicted molar refractivity (Wildman–Crippen MR) is 116 cm³/mol. The maximum atomic E-state index is 12.9. The van der Waals surface area contributed by atoms with Gasteiger partial charge in [0.15, 0.2) is 0 Å². The van der Waals surface area contributed by atoms with Crippen molar-refractivity contribution in [2.45, 2.75) is 17.8 Å². The molecule has 1 aromatic heterocycles. The zero-order valence-corrected chi connectivity index (χ0v) is 18.7. The van der Waals surface area contributed by atoms with Gasteiger partial charge >= 0.3 is 6.36 Å². The fourth-order valence-corrected chi connectivity index (χ4v) is 5.03. The van der Waals surface area contributed by atoms with Crippen molar-refractivity contribution < 1.29 is 31.1 Å². The molecule has 1 aliphatic rings. The van der Waals surface area contributed by atoms with Crippen LogP contribution in [0, 0.1) is 0 Å². The number of nitrogens with zero attached hydrogens (tertiary/aromatic N) is 4. The molecule has 12 heteroatoms. The average molecular weight is 494 g/mol. The largest absolute Gasteiger partial charge is 0.573 e. The van der Waals surface area contributed by atoms with Crippen LogP contribution in [0.1, 0.15) is 15.9 Å². The molecule has 1 fully saturated rings. The maximum Gasteiger partial charge on any atom is 0.573 e. The first-order chi connectivity index (χ1) is 16.1. The Morgan fingerprint density at radius 2 is 1.62 bits per heavy atom. The van der Waals surface area contributed by atoms with Gasteiger partial charge in [-0.05, 0) is 29.8 Å². The van der Waals surface area contributed by atoms with Crippen LogP contribution in [0.4, 0.5) is 13.2 Å². The van der Waals surface area contributed by atoms with E-state index in [1.807, 2.05) is 30.3 Å². The minimum Gasteiger partial charge on any atom is -0.406 e. The highest BCUT2D eigenvalue weighted by Crippen LogP contribution is 2.25. The lowest BCUT2D eigenvalue weighted by Gasteiger charge is -2.33. The number of piperazine rings is 1. The van der Waals surface area contributed by atoms with E-state index in [-0.39, 0.29) is 37.0 Å². The molecule has 4 rings (SSSR count). The lowest BCUT2D eigenvalue weighted by Crippen LogP contribution is -2.50. The van der Waals surface area contributed by atoms with E-state index in [4.69, 9.17) is 0 Å². The third-order valence-electron chi connectivity index (χ3n) is 5.29. The molecule has 34 heavy (non-hydrogen) atoms. The molecule has 0 unspecified atom stereocenters. The standard InChI is InChI=1S/C22H21F3N4O4S/c23-22(24,25)33-19-6-8-20(9-7-19)34(31,32)29-12-10-27(11-13-29)21(30)18-14-26-28(16-18)15-17-4-2-1-3-5-17/h1-9,14,16H,10-13,15H2. The van der Waals surface area contributed by atoms with Crippen molar-refractivity contribution in [1.29, 1.82) is 0 Å². The predicted octanol–water partition coefficient (Wildman–Crippen LogP) is 2.98. The summed E-state index contributed by atoms with van der Waals surface area (Å²) in [6.07, 6.45) is -1.72. The molecule has 0 saturated carbocycles. The molecule has 1 saturated heterocycles. The van der Waals surface area contributed by atoms with Crippen molar-refractivity contribution in [2.75, 3.05) is 26.2 Å². The summed E-state index contributed by atoms with van der Waals surface area (Å²) >= 11 is 0. The highest BCUT2D eigenvalue weighted by atomic mass is 32.2. The van der Waals surface area contributed by atoms with E-state index >= 15 is 0 Å². The fraction of sp³-hybridized carbons (Fsp3) is 0.273. The van der Waals surface area contributed by atoms with Gasteiger partial charge in [-0.15, -0.1) is 13.2 Å². The SMILES string of the molecule is O=C(c1cnn(Cc2ccccc2)c1)N1CCN(S(=O)(=O)c2ccc(OC(F)(F)F)cc2)CC1. The number of sulfonamides is 1. The van der Waals surface area contributed by atoms with E-state index in [9.17, 15) is 26.4 Å². The molecule has 0 radical (unpaired) electrons. The van der Waals surface area contributed by atoms with Crippen molar-refractivity contribution in [1.82, 2.24) is 19.0 Å².